The highest BCUT2D eigenvalue weighted by Gasteiger charge is 2.21. The molecule has 1 aliphatic heterocycles. The van der Waals surface area contributed by atoms with Crippen LogP contribution >= 0.6 is 24.0 Å². The molecule has 1 aliphatic rings. The maximum Gasteiger partial charge on any atom is 0.234 e. The summed E-state index contributed by atoms with van der Waals surface area (Å²) in [5.41, 5.74) is 0.252. The standard InChI is InChI=1S/C21H34FN5O2.HI/c1-3-11-24-20(29)15-27-12-9-16(10-13-27)26-21(23-4-2)25-14-19(28)17-7-5-6-8-18(17)22;/h5-8,16,19,28H,3-4,9-15H2,1-2H3,(H,24,29)(H2,23,25,26);1H. The Hall–Kier alpha value is -1.46. The lowest BCUT2D eigenvalue weighted by atomic mass is 10.1. The predicted molar refractivity (Wildman–Crippen MR) is 129 cm³/mol. The maximum atomic E-state index is 13.8. The molecule has 1 saturated heterocycles. The van der Waals surface area contributed by atoms with Gasteiger partial charge in [-0.25, -0.2) is 4.39 Å². The number of carbonyl (C=O) groups is 1. The lowest BCUT2D eigenvalue weighted by molar-refractivity contribution is -0.122. The Bertz CT molecular complexity index is 669. The van der Waals surface area contributed by atoms with E-state index in [1.54, 1.807) is 18.2 Å². The van der Waals surface area contributed by atoms with Crippen molar-refractivity contribution in [3.8, 4) is 0 Å². The molecule has 0 saturated carbocycles. The number of aliphatic hydroxyl groups is 1. The Balaban J connectivity index is 0.00000450. The van der Waals surface area contributed by atoms with Crippen LogP contribution in [0.2, 0.25) is 0 Å². The van der Waals surface area contributed by atoms with Crippen LogP contribution in [-0.4, -0.2) is 67.2 Å². The van der Waals surface area contributed by atoms with Gasteiger partial charge in [0.05, 0.1) is 13.1 Å². The first-order chi connectivity index (χ1) is 14.0. The highest BCUT2D eigenvalue weighted by molar-refractivity contribution is 14.0. The van der Waals surface area contributed by atoms with Crippen molar-refractivity contribution >= 4 is 35.8 Å². The number of aliphatic imine (C=N–C) groups is 1. The fraction of sp³-hybridized carbons (Fsp3) is 0.619. The van der Waals surface area contributed by atoms with E-state index in [4.69, 9.17) is 0 Å². The summed E-state index contributed by atoms with van der Waals surface area (Å²) in [6.07, 6.45) is 1.76. The minimum absolute atomic E-state index is 0. The third kappa shape index (κ3) is 9.13. The van der Waals surface area contributed by atoms with E-state index in [0.29, 0.717) is 19.0 Å². The van der Waals surface area contributed by atoms with Gasteiger partial charge in [-0.1, -0.05) is 25.1 Å². The number of nitrogens with zero attached hydrogens (tertiary/aromatic N) is 2. The average Bonchev–Trinajstić information content (AvgIpc) is 2.72. The smallest absolute Gasteiger partial charge is 0.234 e. The van der Waals surface area contributed by atoms with Crippen molar-refractivity contribution in [1.29, 1.82) is 0 Å². The van der Waals surface area contributed by atoms with Gasteiger partial charge < -0.3 is 21.1 Å². The fourth-order valence-corrected chi connectivity index (χ4v) is 3.29. The Morgan fingerprint density at radius 3 is 2.60 bits per heavy atom. The second-order valence-corrected chi connectivity index (χ2v) is 7.30. The van der Waals surface area contributed by atoms with Crippen LogP contribution in [0.25, 0.3) is 0 Å². The van der Waals surface area contributed by atoms with E-state index in [2.05, 4.69) is 25.8 Å². The third-order valence-electron chi connectivity index (χ3n) is 4.90. The zero-order valence-corrected chi connectivity index (χ0v) is 20.2. The van der Waals surface area contributed by atoms with Crippen molar-refractivity contribution < 1.29 is 14.3 Å². The summed E-state index contributed by atoms with van der Waals surface area (Å²) in [6.45, 7) is 7.62. The van der Waals surface area contributed by atoms with E-state index in [9.17, 15) is 14.3 Å². The normalized spacial score (nSPS) is 16.5. The average molecular weight is 535 g/mol. The number of aliphatic hydroxyl groups excluding tert-OH is 1. The van der Waals surface area contributed by atoms with Crippen molar-refractivity contribution in [3.05, 3.63) is 35.6 Å². The van der Waals surface area contributed by atoms with E-state index in [-0.39, 0.29) is 48.0 Å². The molecule has 0 aliphatic carbocycles. The fourth-order valence-electron chi connectivity index (χ4n) is 3.29. The van der Waals surface area contributed by atoms with Crippen molar-refractivity contribution in [2.45, 2.75) is 45.3 Å². The minimum Gasteiger partial charge on any atom is -0.386 e. The van der Waals surface area contributed by atoms with E-state index >= 15 is 0 Å². The van der Waals surface area contributed by atoms with Crippen molar-refractivity contribution in [2.24, 2.45) is 4.99 Å². The van der Waals surface area contributed by atoms with Gasteiger partial charge >= 0.3 is 0 Å². The molecule has 1 aromatic rings. The Labute approximate surface area is 195 Å². The second kappa shape index (κ2) is 14.5. The molecule has 0 bridgehead atoms. The zero-order valence-electron chi connectivity index (χ0n) is 17.9. The summed E-state index contributed by atoms with van der Waals surface area (Å²) < 4.78 is 13.8. The van der Waals surface area contributed by atoms with Gasteiger partial charge in [-0.05, 0) is 32.3 Å². The van der Waals surface area contributed by atoms with Crippen LogP contribution in [0.4, 0.5) is 4.39 Å². The number of carbonyl (C=O) groups excluding carboxylic acids is 1. The first-order valence-corrected chi connectivity index (χ1v) is 10.5. The van der Waals surface area contributed by atoms with Crippen molar-refractivity contribution in [2.75, 3.05) is 39.3 Å². The molecule has 1 heterocycles. The number of benzene rings is 1. The first-order valence-electron chi connectivity index (χ1n) is 10.5. The number of rotatable bonds is 9. The van der Waals surface area contributed by atoms with Crippen LogP contribution in [0.15, 0.2) is 29.3 Å². The number of piperidine rings is 1. The Morgan fingerprint density at radius 2 is 1.97 bits per heavy atom. The summed E-state index contributed by atoms with van der Waals surface area (Å²) in [7, 11) is 0. The van der Waals surface area contributed by atoms with Gasteiger partial charge in [0.2, 0.25) is 5.91 Å². The number of halogens is 2. The first kappa shape index (κ1) is 26.6. The van der Waals surface area contributed by atoms with E-state index in [1.807, 2.05) is 13.8 Å². The number of hydrogen-bond donors (Lipinski definition) is 4. The molecule has 4 N–H and O–H groups in total. The molecular weight excluding hydrogens is 500 g/mol. The van der Waals surface area contributed by atoms with Gasteiger partial charge in [-0.2, -0.15) is 0 Å². The SMILES string of the molecule is CCCNC(=O)CN1CCC(NC(=NCC(O)c2ccccc2F)NCC)CC1.I. The molecule has 9 heteroatoms. The van der Waals surface area contributed by atoms with Crippen molar-refractivity contribution in [3.63, 3.8) is 0 Å². The van der Waals surface area contributed by atoms with Gasteiger partial charge in [0.25, 0.3) is 0 Å². The summed E-state index contributed by atoms with van der Waals surface area (Å²) in [6, 6.07) is 6.45. The van der Waals surface area contributed by atoms with Crippen LogP contribution in [-0.2, 0) is 4.79 Å². The largest absolute Gasteiger partial charge is 0.386 e. The number of likely N-dealkylation sites (tertiary alicyclic amines) is 1. The quantitative estimate of drug-likeness (QED) is 0.221. The molecule has 30 heavy (non-hydrogen) atoms. The molecule has 0 spiro atoms. The van der Waals surface area contributed by atoms with Crippen LogP contribution in [0.3, 0.4) is 0 Å². The van der Waals surface area contributed by atoms with Gasteiger partial charge in [-0.15, -0.1) is 24.0 Å². The highest BCUT2D eigenvalue weighted by atomic mass is 127. The molecule has 170 valence electrons. The monoisotopic (exact) mass is 535 g/mol. The summed E-state index contributed by atoms with van der Waals surface area (Å²) in [5, 5.41) is 19.7. The van der Waals surface area contributed by atoms with Gasteiger partial charge in [-0.3, -0.25) is 14.7 Å². The summed E-state index contributed by atoms with van der Waals surface area (Å²) >= 11 is 0. The van der Waals surface area contributed by atoms with Crippen LogP contribution in [0.1, 0.15) is 44.8 Å². The number of hydrogen-bond acceptors (Lipinski definition) is 4. The molecule has 0 radical (unpaired) electrons. The molecular formula is C21H35FIN5O2. The molecule has 2 rings (SSSR count). The second-order valence-electron chi connectivity index (χ2n) is 7.30. The van der Waals surface area contributed by atoms with E-state index in [1.165, 1.54) is 6.07 Å². The Kier molecular flexibility index (Phi) is 12.9. The van der Waals surface area contributed by atoms with Gasteiger partial charge in [0.15, 0.2) is 5.96 Å². The lowest BCUT2D eigenvalue weighted by Crippen LogP contribution is -2.50. The molecule has 1 amide bonds. The lowest BCUT2D eigenvalue weighted by Gasteiger charge is -2.32. The summed E-state index contributed by atoms with van der Waals surface area (Å²) in [4.78, 5) is 18.4. The van der Waals surface area contributed by atoms with Crippen LogP contribution in [0, 0.1) is 5.82 Å². The van der Waals surface area contributed by atoms with Crippen LogP contribution in [0.5, 0.6) is 0 Å². The molecule has 0 aromatic heterocycles. The minimum atomic E-state index is -0.991. The highest BCUT2D eigenvalue weighted by Crippen LogP contribution is 2.17. The topological polar surface area (TPSA) is 89.0 Å². The van der Waals surface area contributed by atoms with Crippen molar-refractivity contribution in [1.82, 2.24) is 20.9 Å². The summed E-state index contributed by atoms with van der Waals surface area (Å²) in [5.74, 6) is 0.265. The number of guanidine groups is 1. The molecule has 7 nitrogen and oxygen atoms in total. The molecule has 1 aromatic carbocycles. The van der Waals surface area contributed by atoms with Gasteiger partial charge in [0.1, 0.15) is 11.9 Å². The van der Waals surface area contributed by atoms with Crippen LogP contribution < -0.4 is 16.0 Å². The van der Waals surface area contributed by atoms with Gasteiger partial charge in [0, 0.05) is 37.8 Å². The maximum absolute atomic E-state index is 13.8. The predicted octanol–water partition coefficient (Wildman–Crippen LogP) is 2.02. The third-order valence-corrected chi connectivity index (χ3v) is 4.90. The molecule has 1 atom stereocenters. The van der Waals surface area contributed by atoms with E-state index < -0.39 is 11.9 Å². The number of nitrogens with one attached hydrogen (secondary N) is 3. The number of amides is 1. The zero-order chi connectivity index (χ0) is 21.1. The molecule has 1 fully saturated rings. The Morgan fingerprint density at radius 1 is 1.27 bits per heavy atom. The van der Waals surface area contributed by atoms with E-state index in [0.717, 1.165) is 38.9 Å². The molecule has 1 unspecified atom stereocenters.